The van der Waals surface area contributed by atoms with Gasteiger partial charge in [0.15, 0.2) is 0 Å². The summed E-state index contributed by atoms with van der Waals surface area (Å²) in [7, 11) is -3.43. The molecule has 6 heteroatoms. The van der Waals surface area contributed by atoms with Crippen molar-refractivity contribution < 1.29 is 13.5 Å². The Morgan fingerprint density at radius 3 is 2.76 bits per heavy atom. The van der Waals surface area contributed by atoms with Crippen molar-refractivity contribution in [3.05, 3.63) is 35.4 Å². The largest absolute Gasteiger partial charge is 0.396 e. The molecule has 21 heavy (non-hydrogen) atoms. The predicted octanol–water partition coefficient (Wildman–Crippen LogP) is 1.78. The molecule has 2 N–H and O–H groups in total. The van der Waals surface area contributed by atoms with E-state index in [0.717, 1.165) is 12.8 Å². The summed E-state index contributed by atoms with van der Waals surface area (Å²) >= 11 is 0. The fourth-order valence-corrected chi connectivity index (χ4v) is 3.40. The summed E-state index contributed by atoms with van der Waals surface area (Å²) in [5.41, 5.74) is 1.04. The zero-order chi connectivity index (χ0) is 15.7. The maximum absolute atomic E-state index is 12.1. The van der Waals surface area contributed by atoms with Gasteiger partial charge in [-0.1, -0.05) is 25.5 Å². The smallest absolute Gasteiger partial charge is 0.215 e. The first-order valence-corrected chi connectivity index (χ1v) is 8.73. The Kier molecular flexibility index (Phi) is 7.37. The second kappa shape index (κ2) is 8.78. The van der Waals surface area contributed by atoms with Crippen LogP contribution in [0.5, 0.6) is 0 Å². The van der Waals surface area contributed by atoms with Crippen LogP contribution >= 0.6 is 0 Å². The van der Waals surface area contributed by atoms with E-state index in [-0.39, 0.29) is 18.3 Å². The number of hydrogen-bond donors (Lipinski definition) is 2. The summed E-state index contributed by atoms with van der Waals surface area (Å²) in [5, 5.41) is 17.8. The number of nitriles is 1. The summed E-state index contributed by atoms with van der Waals surface area (Å²) in [6, 6.07) is 8.58. The number of rotatable bonds is 9. The van der Waals surface area contributed by atoms with Crippen molar-refractivity contribution in [3.8, 4) is 6.07 Å². The van der Waals surface area contributed by atoms with Crippen LogP contribution in [0.3, 0.4) is 0 Å². The van der Waals surface area contributed by atoms with E-state index in [1.165, 1.54) is 0 Å². The molecule has 0 fully saturated rings. The van der Waals surface area contributed by atoms with Crippen molar-refractivity contribution in [2.75, 3.05) is 13.2 Å². The normalized spacial score (nSPS) is 12.8. The molecule has 1 rings (SSSR count). The van der Waals surface area contributed by atoms with Crippen LogP contribution in [0.4, 0.5) is 0 Å². The van der Waals surface area contributed by atoms with Crippen LogP contribution in [0.2, 0.25) is 0 Å². The van der Waals surface area contributed by atoms with Gasteiger partial charge in [0.25, 0.3) is 0 Å². The van der Waals surface area contributed by atoms with Gasteiger partial charge >= 0.3 is 0 Å². The van der Waals surface area contributed by atoms with Gasteiger partial charge < -0.3 is 5.11 Å². The van der Waals surface area contributed by atoms with E-state index in [4.69, 9.17) is 10.4 Å². The molecule has 0 saturated heterocycles. The monoisotopic (exact) mass is 310 g/mol. The van der Waals surface area contributed by atoms with Crippen LogP contribution in [-0.2, 0) is 15.8 Å². The Hall–Kier alpha value is -1.42. The molecule has 1 unspecified atom stereocenters. The Morgan fingerprint density at radius 2 is 2.14 bits per heavy atom. The molecule has 1 atom stereocenters. The molecule has 0 aliphatic heterocycles. The minimum Gasteiger partial charge on any atom is -0.396 e. The van der Waals surface area contributed by atoms with Crippen LogP contribution in [0.15, 0.2) is 24.3 Å². The van der Waals surface area contributed by atoms with Crippen LogP contribution in [0, 0.1) is 17.2 Å². The number of aliphatic hydroxyl groups is 1. The average Bonchev–Trinajstić information content (AvgIpc) is 2.45. The van der Waals surface area contributed by atoms with Crippen molar-refractivity contribution in [2.24, 2.45) is 5.92 Å². The SMILES string of the molecule is CCCC(CCO)CNS(=O)(=O)Cc1cccc(C#N)c1. The van der Waals surface area contributed by atoms with Crippen LogP contribution in [0.1, 0.15) is 37.3 Å². The number of benzene rings is 1. The highest BCUT2D eigenvalue weighted by atomic mass is 32.2. The fourth-order valence-electron chi connectivity index (χ4n) is 2.19. The summed E-state index contributed by atoms with van der Waals surface area (Å²) in [4.78, 5) is 0. The van der Waals surface area contributed by atoms with E-state index >= 15 is 0 Å². The lowest BCUT2D eigenvalue weighted by Gasteiger charge is -2.15. The van der Waals surface area contributed by atoms with Crippen molar-refractivity contribution in [3.63, 3.8) is 0 Å². The Bertz CT molecular complexity index is 573. The Balaban J connectivity index is 2.62. The second-order valence-electron chi connectivity index (χ2n) is 5.09. The third kappa shape index (κ3) is 6.71. The summed E-state index contributed by atoms with van der Waals surface area (Å²) in [5.74, 6) is 0.0146. The third-order valence-electron chi connectivity index (χ3n) is 3.24. The molecule has 1 aromatic carbocycles. The molecule has 0 bridgehead atoms. The molecular weight excluding hydrogens is 288 g/mol. The zero-order valence-electron chi connectivity index (χ0n) is 12.2. The molecule has 5 nitrogen and oxygen atoms in total. The van der Waals surface area contributed by atoms with Gasteiger partial charge in [0.2, 0.25) is 10.0 Å². The van der Waals surface area contributed by atoms with Crippen LogP contribution in [0.25, 0.3) is 0 Å². The molecule has 0 aliphatic carbocycles. The molecule has 0 saturated carbocycles. The minimum absolute atomic E-state index is 0.0661. The van der Waals surface area contributed by atoms with E-state index in [9.17, 15) is 8.42 Å². The van der Waals surface area contributed by atoms with Gasteiger partial charge in [0.1, 0.15) is 0 Å². The van der Waals surface area contributed by atoms with E-state index in [1.54, 1.807) is 24.3 Å². The molecule has 0 aromatic heterocycles. The van der Waals surface area contributed by atoms with E-state index in [0.29, 0.717) is 24.1 Å². The first-order chi connectivity index (χ1) is 10.0. The minimum atomic E-state index is -3.43. The molecule has 0 amide bonds. The topological polar surface area (TPSA) is 90.2 Å². The van der Waals surface area contributed by atoms with Gasteiger partial charge in [0.05, 0.1) is 17.4 Å². The highest BCUT2D eigenvalue weighted by Gasteiger charge is 2.15. The lowest BCUT2D eigenvalue weighted by Crippen LogP contribution is -2.30. The number of sulfonamides is 1. The summed E-state index contributed by atoms with van der Waals surface area (Å²) in [6.45, 7) is 2.44. The standard InChI is InChI=1S/C15H22N2O3S/c1-2-4-13(7-8-18)11-17-21(19,20)12-15-6-3-5-14(9-15)10-16/h3,5-6,9,13,17-18H,2,4,7-8,11-12H2,1H3. The quantitative estimate of drug-likeness (QED) is 0.727. The van der Waals surface area contributed by atoms with Gasteiger partial charge in [-0.2, -0.15) is 5.26 Å². The first-order valence-electron chi connectivity index (χ1n) is 7.08. The van der Waals surface area contributed by atoms with Crippen molar-refractivity contribution in [1.82, 2.24) is 4.72 Å². The van der Waals surface area contributed by atoms with E-state index in [1.807, 2.05) is 13.0 Å². The van der Waals surface area contributed by atoms with Crippen molar-refractivity contribution >= 4 is 10.0 Å². The van der Waals surface area contributed by atoms with Gasteiger partial charge in [-0.15, -0.1) is 0 Å². The van der Waals surface area contributed by atoms with Crippen molar-refractivity contribution in [2.45, 2.75) is 31.9 Å². The summed E-state index contributed by atoms with van der Waals surface area (Å²) < 4.78 is 26.7. The number of nitrogens with one attached hydrogen (secondary N) is 1. The van der Waals surface area contributed by atoms with E-state index < -0.39 is 10.0 Å². The molecule has 1 aromatic rings. The summed E-state index contributed by atoms with van der Waals surface area (Å²) in [6.07, 6.45) is 2.43. The third-order valence-corrected chi connectivity index (χ3v) is 4.56. The molecule has 0 aliphatic rings. The predicted molar refractivity (Wildman–Crippen MR) is 81.9 cm³/mol. The van der Waals surface area contributed by atoms with Crippen LogP contribution < -0.4 is 4.72 Å². The average molecular weight is 310 g/mol. The Morgan fingerprint density at radius 1 is 1.38 bits per heavy atom. The molecule has 0 heterocycles. The Labute approximate surface area is 126 Å². The highest BCUT2D eigenvalue weighted by molar-refractivity contribution is 7.88. The molecular formula is C15H22N2O3S. The zero-order valence-corrected chi connectivity index (χ0v) is 13.1. The van der Waals surface area contributed by atoms with Gasteiger partial charge in [-0.25, -0.2) is 13.1 Å². The number of hydrogen-bond acceptors (Lipinski definition) is 4. The maximum Gasteiger partial charge on any atom is 0.215 e. The van der Waals surface area contributed by atoms with Crippen molar-refractivity contribution in [1.29, 1.82) is 5.26 Å². The lowest BCUT2D eigenvalue weighted by atomic mass is 10.0. The highest BCUT2D eigenvalue weighted by Crippen LogP contribution is 2.12. The molecule has 116 valence electrons. The van der Waals surface area contributed by atoms with Crippen LogP contribution in [-0.4, -0.2) is 26.7 Å². The molecule has 0 radical (unpaired) electrons. The number of aliphatic hydroxyl groups excluding tert-OH is 1. The fraction of sp³-hybridized carbons (Fsp3) is 0.533. The van der Waals surface area contributed by atoms with Gasteiger partial charge in [0, 0.05) is 13.2 Å². The van der Waals surface area contributed by atoms with Gasteiger partial charge in [-0.3, -0.25) is 0 Å². The number of nitrogens with zero attached hydrogens (tertiary/aromatic N) is 1. The first kappa shape index (κ1) is 17.6. The van der Waals surface area contributed by atoms with E-state index in [2.05, 4.69) is 4.72 Å². The maximum atomic E-state index is 12.1. The lowest BCUT2D eigenvalue weighted by molar-refractivity contribution is 0.251. The van der Waals surface area contributed by atoms with Gasteiger partial charge in [-0.05, 0) is 36.5 Å². The second-order valence-corrected chi connectivity index (χ2v) is 6.89. The molecule has 0 spiro atoms.